The number of carbonyl (C=O) groups is 1. The molecule has 0 radical (unpaired) electrons. The minimum Gasteiger partial charge on any atom is -0.192 e. The van der Waals surface area contributed by atoms with E-state index in [4.69, 9.17) is 8.33 Å². The third-order valence-electron chi connectivity index (χ3n) is 6.04. The first-order valence-corrected chi connectivity index (χ1v) is 14.7. The fraction of sp³-hybridized carbons (Fsp3) is 0.286. The smallest absolute Gasteiger partial charge is 0.192 e. The number of hydrogen-bond acceptors (Lipinski definition) is 4. The summed E-state index contributed by atoms with van der Waals surface area (Å²) in [5, 5.41) is 8.88. The fourth-order valence-corrected chi connectivity index (χ4v) is 9.04. The zero-order chi connectivity index (χ0) is 27.7. The Morgan fingerprint density at radius 3 is 2.29 bits per heavy atom. The topological polar surface area (TPSA) is 62.6 Å². The Bertz CT molecular complexity index is 1360. The summed E-state index contributed by atoms with van der Waals surface area (Å²) in [6.45, 7) is 3.51. The van der Waals surface area contributed by atoms with Crippen LogP contribution in [0.2, 0.25) is 0 Å². The average Bonchev–Trinajstić information content (AvgIpc) is 3.19. The van der Waals surface area contributed by atoms with Gasteiger partial charge in [0.15, 0.2) is 0 Å². The first kappa shape index (κ1) is 27.9. The molecule has 0 saturated heterocycles. The summed E-state index contributed by atoms with van der Waals surface area (Å²) in [5.41, 5.74) is 0.989. The van der Waals surface area contributed by atoms with E-state index in [1.807, 2.05) is 6.07 Å². The van der Waals surface area contributed by atoms with E-state index in [0.29, 0.717) is 35.2 Å². The number of halogens is 5. The number of ether oxygens (including phenoxy) is 1. The maximum atomic E-state index is 15.2. The van der Waals surface area contributed by atoms with Crippen LogP contribution in [0.3, 0.4) is 0 Å². The van der Waals surface area contributed by atoms with Gasteiger partial charge in [-0.2, -0.15) is 5.26 Å². The van der Waals surface area contributed by atoms with Crippen molar-refractivity contribution < 1.29 is 30.2 Å². The summed E-state index contributed by atoms with van der Waals surface area (Å²) in [6.07, 6.45) is -4.37. The van der Waals surface area contributed by atoms with Crippen molar-refractivity contribution in [3.63, 3.8) is 0 Å². The molecule has 0 aromatic heterocycles. The number of likely N-dealkylation sites (N-methyl/N-ethyl adjacent to an activating group) is 1. The van der Waals surface area contributed by atoms with Gasteiger partial charge in [0.2, 0.25) is 0 Å². The Morgan fingerprint density at radius 1 is 1.03 bits per heavy atom. The third kappa shape index (κ3) is 5.49. The van der Waals surface area contributed by atoms with Crippen LogP contribution in [0.1, 0.15) is 40.9 Å². The molecule has 200 valence electrons. The van der Waals surface area contributed by atoms with Crippen LogP contribution in [0.15, 0.2) is 72.8 Å². The third-order valence-corrected chi connectivity index (χ3v) is 11.4. The number of alkyl halides is 5. The van der Waals surface area contributed by atoms with Crippen LogP contribution in [0.5, 0.6) is 5.75 Å². The number of amides is 1. The molecular weight excluding hydrogens is 615 g/mol. The molecule has 0 fully saturated rings. The summed E-state index contributed by atoms with van der Waals surface area (Å²) in [4.78, 5) is 14.1. The van der Waals surface area contributed by atoms with E-state index in [0.717, 1.165) is 0 Å². The monoisotopic (exact) mass is 640 g/mol. The number of fused-ring (bicyclic) bond motifs is 1. The quantitative estimate of drug-likeness (QED) is 0.151. The van der Waals surface area contributed by atoms with Crippen molar-refractivity contribution in [2.75, 3.05) is 13.6 Å². The second-order valence-corrected chi connectivity index (χ2v) is 13.6. The van der Waals surface area contributed by atoms with Crippen LogP contribution in [0.25, 0.3) is 0 Å². The molecule has 38 heavy (non-hydrogen) atoms. The van der Waals surface area contributed by atoms with Gasteiger partial charge in [0.25, 0.3) is 0 Å². The van der Waals surface area contributed by atoms with Gasteiger partial charge >= 0.3 is 185 Å². The molecule has 0 bridgehead atoms. The normalized spacial score (nSPS) is 15.5. The van der Waals surface area contributed by atoms with Crippen molar-refractivity contribution in [3.05, 3.63) is 98.6 Å². The van der Waals surface area contributed by atoms with E-state index in [-0.39, 0.29) is 9.48 Å². The Morgan fingerprint density at radius 2 is 1.66 bits per heavy atom. The molecule has 3 aromatic rings. The zero-order valence-electron chi connectivity index (χ0n) is 20.9. The molecule has 3 aromatic carbocycles. The number of hydrogen-bond donors (Lipinski definition) is 0. The zero-order valence-corrected chi connectivity index (χ0v) is 23.0. The van der Waals surface area contributed by atoms with Crippen LogP contribution in [-0.2, 0) is 15.1 Å². The summed E-state index contributed by atoms with van der Waals surface area (Å²) in [6, 6.07) is 19.9. The van der Waals surface area contributed by atoms with Crippen molar-refractivity contribution in [2.45, 2.75) is 35.9 Å². The first-order chi connectivity index (χ1) is 17.9. The fourth-order valence-electron chi connectivity index (χ4n) is 3.89. The van der Waals surface area contributed by atoms with Crippen molar-refractivity contribution in [3.8, 4) is 11.8 Å². The molecule has 1 amide bonds. The van der Waals surface area contributed by atoms with Gasteiger partial charge in [-0.1, -0.05) is 0 Å². The van der Waals surface area contributed by atoms with Gasteiger partial charge in [-0.25, -0.2) is 0 Å². The van der Waals surface area contributed by atoms with E-state index in [9.17, 15) is 13.6 Å². The molecular formula is C28H25F4IN2O3. The van der Waals surface area contributed by atoms with E-state index >= 15 is 8.78 Å². The molecule has 1 aliphatic rings. The van der Waals surface area contributed by atoms with Crippen molar-refractivity contribution in [1.29, 1.82) is 5.26 Å². The van der Waals surface area contributed by atoms with Gasteiger partial charge in [0.05, 0.1) is 11.6 Å². The van der Waals surface area contributed by atoms with Crippen LogP contribution in [0.4, 0.5) is 17.6 Å². The van der Waals surface area contributed by atoms with Gasteiger partial charge in [0, 0.05) is 0 Å². The minimum absolute atomic E-state index is 0.157. The van der Waals surface area contributed by atoms with Gasteiger partial charge in [-0.05, 0) is 24.3 Å². The molecule has 0 saturated carbocycles. The number of rotatable bonds is 8. The molecule has 0 N–H and O–H groups in total. The summed E-state index contributed by atoms with van der Waals surface area (Å²) >= 11 is -4.14. The van der Waals surface area contributed by atoms with Crippen molar-refractivity contribution in [2.24, 2.45) is 0 Å². The molecule has 0 unspecified atom stereocenters. The molecule has 10 heteroatoms. The summed E-state index contributed by atoms with van der Waals surface area (Å²) in [7, 11) is 1.62. The van der Waals surface area contributed by atoms with E-state index < -0.39 is 41.6 Å². The van der Waals surface area contributed by atoms with Crippen LogP contribution in [-0.4, -0.2) is 34.4 Å². The van der Waals surface area contributed by atoms with Gasteiger partial charge in [-0.3, -0.25) is 0 Å². The molecule has 4 rings (SSSR count). The molecule has 5 nitrogen and oxygen atoms in total. The van der Waals surface area contributed by atoms with E-state index in [2.05, 4.69) is 4.74 Å². The van der Waals surface area contributed by atoms with Crippen LogP contribution >= 0.6 is 20.2 Å². The number of benzene rings is 3. The second kappa shape index (κ2) is 10.5. The molecule has 0 spiro atoms. The van der Waals surface area contributed by atoms with Crippen molar-refractivity contribution >= 4 is 26.1 Å². The average molecular weight is 640 g/mol. The Balaban J connectivity index is 1.39. The van der Waals surface area contributed by atoms with Crippen LogP contribution in [0, 0.1) is 14.9 Å². The molecule has 0 atom stereocenters. The maximum absolute atomic E-state index is 15.2. The Kier molecular flexibility index (Phi) is 7.72. The summed E-state index contributed by atoms with van der Waals surface area (Å²) < 4.78 is 65.8. The number of carbonyl (C=O) groups excluding carboxylic acids is 1. The second-order valence-electron chi connectivity index (χ2n) is 9.24. The number of nitriles is 1. The predicted octanol–water partition coefficient (Wildman–Crippen LogP) is 6.99. The van der Waals surface area contributed by atoms with Crippen LogP contribution < -0.4 is 4.74 Å². The first-order valence-electron chi connectivity index (χ1n) is 11.6. The van der Waals surface area contributed by atoms with Gasteiger partial charge in [-0.15, -0.1) is 0 Å². The van der Waals surface area contributed by atoms with Gasteiger partial charge in [0.1, 0.15) is 0 Å². The van der Waals surface area contributed by atoms with Crippen molar-refractivity contribution in [1.82, 2.24) is 4.90 Å². The van der Waals surface area contributed by atoms with E-state index in [1.165, 1.54) is 41.3 Å². The molecule has 0 aliphatic carbocycles. The molecule has 1 heterocycles. The standard InChI is InChI=1S/C28H25F4IN2O3/c1-26(2)23-6-4-5-7-24(23)33(38-26)27(29,30)28(31,32)37-22-14-10-19(11-15-22)16-17-35(3)25(36)21-12-8-20(18-34)9-13-21/h4-15H,16-17H2,1-3H3. The number of nitrogens with zero attached hydrogens (tertiary/aromatic N) is 2. The summed E-state index contributed by atoms with van der Waals surface area (Å²) in [5.74, 6) is -0.636. The Labute approximate surface area is 225 Å². The minimum atomic E-state index is -4.78. The molecule has 1 aliphatic heterocycles. The van der Waals surface area contributed by atoms with E-state index in [1.54, 1.807) is 57.3 Å². The predicted molar refractivity (Wildman–Crippen MR) is 142 cm³/mol. The Hall–Kier alpha value is -3.17. The van der Waals surface area contributed by atoms with Gasteiger partial charge < -0.3 is 0 Å². The SMILES string of the molecule is CN(CCc1ccc(OC(F)(F)C(F)(F)I2OC(C)(C)c3ccccc32)cc1)C(=O)c1ccc(C#N)cc1.